The zero-order valence-electron chi connectivity index (χ0n) is 31.2. The van der Waals surface area contributed by atoms with Crippen LogP contribution in [0.3, 0.4) is 0 Å². The van der Waals surface area contributed by atoms with E-state index < -0.39 is 0 Å². The topological polar surface area (TPSA) is 3.24 Å². The predicted octanol–water partition coefficient (Wildman–Crippen LogP) is 14.0. The van der Waals surface area contributed by atoms with Gasteiger partial charge >= 0.3 is 0 Å². The molecule has 3 aliphatic carbocycles. The van der Waals surface area contributed by atoms with Gasteiger partial charge in [0.2, 0.25) is 0 Å². The summed E-state index contributed by atoms with van der Waals surface area (Å²) in [6.07, 6.45) is 4.70. The lowest BCUT2D eigenvalue weighted by atomic mass is 9.78. The number of nitrogens with zero attached hydrogens (tertiary/aromatic N) is 1. The molecule has 0 aliphatic heterocycles. The Kier molecular flexibility index (Phi) is 7.21. The molecule has 0 amide bonds. The minimum Gasteiger partial charge on any atom is -0.310 e. The van der Waals surface area contributed by atoms with Crippen LogP contribution in [0.1, 0.15) is 73.9 Å². The van der Waals surface area contributed by atoms with Crippen molar-refractivity contribution >= 4 is 17.1 Å². The van der Waals surface area contributed by atoms with Crippen molar-refractivity contribution < 1.29 is 0 Å². The number of hydrogen-bond donors (Lipinski definition) is 0. The van der Waals surface area contributed by atoms with E-state index in [1.807, 2.05) is 0 Å². The summed E-state index contributed by atoms with van der Waals surface area (Å²) in [4.78, 5) is 2.56. The Hall–Kier alpha value is -5.66. The van der Waals surface area contributed by atoms with Crippen LogP contribution in [0.5, 0.6) is 0 Å². The Morgan fingerprint density at radius 1 is 0.415 bits per heavy atom. The molecule has 0 saturated carbocycles. The molecule has 0 fully saturated rings. The molecular weight excluding hydrogens is 639 g/mol. The highest BCUT2D eigenvalue weighted by Gasteiger charge is 2.39. The molecule has 0 N–H and O–H groups in total. The molecule has 3 aliphatic rings. The summed E-state index contributed by atoms with van der Waals surface area (Å²) in [6, 6.07) is 57.3. The molecule has 0 heterocycles. The van der Waals surface area contributed by atoms with Crippen LogP contribution in [0.15, 0.2) is 152 Å². The minimum absolute atomic E-state index is 0.103. The van der Waals surface area contributed by atoms with Crippen LogP contribution < -0.4 is 4.90 Å². The second-order valence-corrected chi connectivity index (χ2v) is 16.4. The van der Waals surface area contributed by atoms with Gasteiger partial charge in [0.25, 0.3) is 0 Å². The van der Waals surface area contributed by atoms with E-state index in [1.165, 1.54) is 108 Å². The first-order chi connectivity index (χ1) is 25.8. The summed E-state index contributed by atoms with van der Waals surface area (Å²) in [5.74, 6) is 0. The van der Waals surface area contributed by atoms with E-state index in [1.54, 1.807) is 0 Å². The highest BCUT2D eigenvalue weighted by molar-refractivity contribution is 6.00. The molecule has 53 heavy (non-hydrogen) atoms. The molecule has 0 atom stereocenters. The van der Waals surface area contributed by atoms with Gasteiger partial charge in [-0.25, -0.2) is 0 Å². The third kappa shape index (κ3) is 4.83. The van der Waals surface area contributed by atoms with Gasteiger partial charge in [0.1, 0.15) is 0 Å². The predicted molar refractivity (Wildman–Crippen MR) is 224 cm³/mol. The molecule has 7 aromatic rings. The number of benzene rings is 7. The van der Waals surface area contributed by atoms with Crippen molar-refractivity contribution in [2.75, 3.05) is 4.90 Å². The van der Waals surface area contributed by atoms with Crippen LogP contribution >= 0.6 is 0 Å². The van der Waals surface area contributed by atoms with Gasteiger partial charge in [-0.05, 0) is 134 Å². The summed E-state index contributed by atoms with van der Waals surface area (Å²) in [5, 5.41) is 0. The highest BCUT2D eigenvalue weighted by atomic mass is 15.1. The normalized spacial score (nSPS) is 15.5. The molecule has 1 nitrogen and oxygen atoms in total. The molecule has 0 spiro atoms. The lowest BCUT2D eigenvalue weighted by molar-refractivity contribution is 0.660. The molecule has 0 radical (unpaired) electrons. The van der Waals surface area contributed by atoms with E-state index in [0.717, 1.165) is 12.8 Å². The SMILES string of the molecule is CC1(C)c2ccccc2-c2ccc(N(c3ccccc3)c3cc4c(cc3-c3c(-c5ccccc5)ccc5c3CCCC5)-c3ccccc3C4(C)C)cc21. The number of aryl methyl sites for hydroxylation is 1. The first kappa shape index (κ1) is 32.0. The van der Waals surface area contributed by atoms with Gasteiger partial charge in [0.15, 0.2) is 0 Å². The lowest BCUT2D eigenvalue weighted by Crippen LogP contribution is -2.19. The summed E-state index contributed by atoms with van der Waals surface area (Å²) in [5.41, 5.74) is 22.6. The molecule has 0 aromatic heterocycles. The van der Waals surface area contributed by atoms with Crippen molar-refractivity contribution in [3.05, 3.63) is 185 Å². The van der Waals surface area contributed by atoms with Crippen LogP contribution in [-0.2, 0) is 23.7 Å². The zero-order valence-corrected chi connectivity index (χ0v) is 31.2. The number of anilines is 3. The van der Waals surface area contributed by atoms with Crippen molar-refractivity contribution in [1.82, 2.24) is 0 Å². The average Bonchev–Trinajstić information content (AvgIpc) is 3.57. The van der Waals surface area contributed by atoms with E-state index in [2.05, 4.69) is 184 Å². The Morgan fingerprint density at radius 3 is 1.70 bits per heavy atom. The van der Waals surface area contributed by atoms with Gasteiger partial charge in [-0.15, -0.1) is 0 Å². The molecule has 1 heteroatoms. The van der Waals surface area contributed by atoms with E-state index in [0.29, 0.717) is 0 Å². The van der Waals surface area contributed by atoms with Crippen molar-refractivity contribution in [1.29, 1.82) is 0 Å². The van der Waals surface area contributed by atoms with E-state index in [4.69, 9.17) is 0 Å². The Labute approximate surface area is 314 Å². The fraction of sp³-hybridized carbons (Fsp3) is 0.192. The van der Waals surface area contributed by atoms with Crippen molar-refractivity contribution in [2.45, 2.75) is 64.2 Å². The Balaban J connectivity index is 1.31. The van der Waals surface area contributed by atoms with Gasteiger partial charge < -0.3 is 4.90 Å². The first-order valence-corrected chi connectivity index (χ1v) is 19.4. The number of para-hydroxylation sites is 1. The van der Waals surface area contributed by atoms with Gasteiger partial charge in [-0.2, -0.15) is 0 Å². The zero-order chi connectivity index (χ0) is 35.9. The summed E-state index contributed by atoms with van der Waals surface area (Å²) >= 11 is 0. The lowest BCUT2D eigenvalue weighted by Gasteiger charge is -2.33. The third-order valence-electron chi connectivity index (χ3n) is 12.7. The second-order valence-electron chi connectivity index (χ2n) is 16.4. The van der Waals surface area contributed by atoms with Crippen molar-refractivity contribution in [2.24, 2.45) is 0 Å². The maximum atomic E-state index is 2.57. The standard InChI is InChI=1S/C52H45N/c1-51(2)45-25-15-13-23-40(45)42-30-28-37(31-47(42)51)53(36-20-9-6-10-21-36)49-33-48-43(41-24-14-16-26-46(41)52(48,3)4)32-44(49)50-38-22-12-11-19-35(38)27-29-39(50)34-17-7-5-8-18-34/h5-10,13-18,20-21,23-33H,11-12,19,22H2,1-4H3. The third-order valence-corrected chi connectivity index (χ3v) is 12.7. The quantitative estimate of drug-likeness (QED) is 0.175. The van der Waals surface area contributed by atoms with Crippen LogP contribution in [0.4, 0.5) is 17.1 Å². The maximum absolute atomic E-state index is 2.57. The minimum atomic E-state index is -0.137. The van der Waals surface area contributed by atoms with Gasteiger partial charge in [-0.3, -0.25) is 0 Å². The number of rotatable bonds is 5. The molecule has 7 aromatic carbocycles. The van der Waals surface area contributed by atoms with Crippen LogP contribution in [0.25, 0.3) is 44.5 Å². The smallest absolute Gasteiger partial charge is 0.0543 e. The summed E-state index contributed by atoms with van der Waals surface area (Å²) in [6.45, 7) is 9.58. The maximum Gasteiger partial charge on any atom is 0.0543 e. The van der Waals surface area contributed by atoms with Gasteiger partial charge in [-0.1, -0.05) is 143 Å². The van der Waals surface area contributed by atoms with Crippen LogP contribution in [-0.4, -0.2) is 0 Å². The average molecular weight is 684 g/mol. The van der Waals surface area contributed by atoms with Gasteiger partial charge in [0.05, 0.1) is 5.69 Å². The second kappa shape index (κ2) is 11.9. The molecule has 0 bridgehead atoms. The Bertz CT molecular complexity index is 2550. The summed E-state index contributed by atoms with van der Waals surface area (Å²) < 4.78 is 0. The van der Waals surface area contributed by atoms with Crippen LogP contribution in [0, 0.1) is 0 Å². The van der Waals surface area contributed by atoms with Crippen molar-refractivity contribution in [3.8, 4) is 44.5 Å². The monoisotopic (exact) mass is 683 g/mol. The van der Waals surface area contributed by atoms with E-state index in [9.17, 15) is 0 Å². The summed E-state index contributed by atoms with van der Waals surface area (Å²) in [7, 11) is 0. The number of hydrogen-bond acceptors (Lipinski definition) is 1. The first-order valence-electron chi connectivity index (χ1n) is 19.4. The Morgan fingerprint density at radius 2 is 0.981 bits per heavy atom. The van der Waals surface area contributed by atoms with E-state index in [-0.39, 0.29) is 10.8 Å². The molecule has 0 saturated heterocycles. The largest absolute Gasteiger partial charge is 0.310 e. The molecule has 10 rings (SSSR count). The number of fused-ring (bicyclic) bond motifs is 7. The fourth-order valence-electron chi connectivity index (χ4n) is 9.95. The fourth-order valence-corrected chi connectivity index (χ4v) is 9.95. The highest BCUT2D eigenvalue weighted by Crippen LogP contribution is 2.56. The van der Waals surface area contributed by atoms with E-state index >= 15 is 0 Å². The van der Waals surface area contributed by atoms with Crippen LogP contribution in [0.2, 0.25) is 0 Å². The molecule has 0 unspecified atom stereocenters. The molecule has 258 valence electrons. The van der Waals surface area contributed by atoms with Gasteiger partial charge in [0, 0.05) is 27.8 Å². The molecular formula is C52H45N. The van der Waals surface area contributed by atoms with Crippen molar-refractivity contribution in [3.63, 3.8) is 0 Å².